The Morgan fingerprint density at radius 2 is 1.85 bits per heavy atom. The van der Waals surface area contributed by atoms with E-state index in [0.29, 0.717) is 0 Å². The summed E-state index contributed by atoms with van der Waals surface area (Å²) in [5.74, 6) is -2.31. The van der Waals surface area contributed by atoms with Crippen LogP contribution in [0.4, 0.5) is 17.6 Å². The molecule has 0 saturated heterocycles. The third kappa shape index (κ3) is 3.41. The lowest BCUT2D eigenvalue weighted by molar-refractivity contribution is -0.255. The van der Waals surface area contributed by atoms with Gasteiger partial charge in [0.2, 0.25) is 0 Å². The minimum absolute atomic E-state index is 0.0537. The first-order valence-electron chi connectivity index (χ1n) is 7.11. The molecule has 0 amide bonds. The van der Waals surface area contributed by atoms with E-state index in [9.17, 15) is 27.5 Å². The first-order valence-corrected chi connectivity index (χ1v) is 7.49. The monoisotopic (exact) mass is 383 g/mol. The molecule has 0 spiro atoms. The molecule has 2 aromatic carbocycles. The van der Waals surface area contributed by atoms with Gasteiger partial charge in [-0.2, -0.15) is 18.3 Å². The van der Waals surface area contributed by atoms with E-state index in [1.807, 2.05) is 0 Å². The number of alkyl halides is 3. The van der Waals surface area contributed by atoms with Crippen LogP contribution in [0.15, 0.2) is 48.5 Å². The topological polar surface area (TPSA) is 57.9 Å². The Bertz CT molecular complexity index is 999. The molecule has 0 atom stereocenters. The molecule has 3 rings (SSSR count). The van der Waals surface area contributed by atoms with E-state index in [0.717, 1.165) is 28.9 Å². The number of carbonyl (C=O) groups excluding carboxylic acids is 1. The average Bonchev–Trinajstić information content (AvgIpc) is 3.02. The predicted molar refractivity (Wildman–Crippen MR) is 83.3 cm³/mol. The Hall–Kier alpha value is -2.87. The average molecular weight is 384 g/mol. The van der Waals surface area contributed by atoms with E-state index in [1.54, 1.807) is 0 Å². The molecule has 3 aromatic rings. The highest BCUT2D eigenvalue weighted by Gasteiger charge is 2.30. The fourth-order valence-electron chi connectivity index (χ4n) is 2.35. The highest BCUT2D eigenvalue weighted by molar-refractivity contribution is 6.30. The summed E-state index contributed by atoms with van der Waals surface area (Å²) in [5.41, 5.74) is -1.10. The Morgan fingerprint density at radius 1 is 1.12 bits per heavy atom. The van der Waals surface area contributed by atoms with Crippen molar-refractivity contribution in [1.82, 2.24) is 9.78 Å². The first-order chi connectivity index (χ1) is 12.2. The third-order valence-corrected chi connectivity index (χ3v) is 3.84. The highest BCUT2D eigenvalue weighted by atomic mass is 35.5. The van der Waals surface area contributed by atoms with Gasteiger partial charge in [0.05, 0.1) is 27.9 Å². The lowest BCUT2D eigenvalue weighted by atomic mass is 10.1. The number of hydrogen-bond donors (Lipinski definition) is 0. The molecule has 0 N–H and O–H groups in total. The smallest absolute Gasteiger partial charge is 0.416 e. The van der Waals surface area contributed by atoms with Gasteiger partial charge in [0.1, 0.15) is 11.5 Å². The van der Waals surface area contributed by atoms with Crippen LogP contribution in [0.2, 0.25) is 5.02 Å². The zero-order valence-corrected chi connectivity index (χ0v) is 13.5. The Morgan fingerprint density at radius 3 is 2.46 bits per heavy atom. The van der Waals surface area contributed by atoms with Crippen LogP contribution in [0.1, 0.15) is 16.1 Å². The Balaban J connectivity index is 2.21. The SMILES string of the molecule is O=C([O-])c1cc(-c2cccc(C(F)(F)F)c2)n(-c2ccc(F)c(Cl)c2)n1. The van der Waals surface area contributed by atoms with Gasteiger partial charge in [0.15, 0.2) is 0 Å². The number of rotatable bonds is 3. The molecule has 134 valence electrons. The minimum Gasteiger partial charge on any atom is -0.543 e. The predicted octanol–water partition coefficient (Wildman–Crippen LogP) is 3.71. The number of carboxylic acid groups (broad SMARTS) is 1. The fourth-order valence-corrected chi connectivity index (χ4v) is 2.53. The van der Waals surface area contributed by atoms with Gasteiger partial charge in [0, 0.05) is 5.56 Å². The molecule has 26 heavy (non-hydrogen) atoms. The lowest BCUT2D eigenvalue weighted by Gasteiger charge is -2.11. The fraction of sp³-hybridized carbons (Fsp3) is 0.0588. The number of aromatic carboxylic acids is 1. The molecule has 0 aliphatic rings. The highest BCUT2D eigenvalue weighted by Crippen LogP contribution is 2.33. The largest absolute Gasteiger partial charge is 0.543 e. The van der Waals surface area contributed by atoms with Gasteiger partial charge < -0.3 is 9.90 Å². The molecule has 1 heterocycles. The van der Waals surface area contributed by atoms with Gasteiger partial charge in [-0.3, -0.25) is 0 Å². The maximum Gasteiger partial charge on any atom is 0.416 e. The summed E-state index contributed by atoms with van der Waals surface area (Å²) in [4.78, 5) is 11.1. The normalized spacial score (nSPS) is 11.6. The van der Waals surface area contributed by atoms with Gasteiger partial charge in [0.25, 0.3) is 0 Å². The number of hydrogen-bond acceptors (Lipinski definition) is 3. The van der Waals surface area contributed by atoms with Gasteiger partial charge in [-0.05, 0) is 36.4 Å². The van der Waals surface area contributed by atoms with E-state index in [1.165, 1.54) is 24.3 Å². The zero-order valence-electron chi connectivity index (χ0n) is 12.7. The van der Waals surface area contributed by atoms with Crippen molar-refractivity contribution in [2.24, 2.45) is 0 Å². The number of nitrogens with zero attached hydrogens (tertiary/aromatic N) is 2. The summed E-state index contributed by atoms with van der Waals surface area (Å²) in [5, 5.41) is 14.7. The van der Waals surface area contributed by atoms with Crippen molar-refractivity contribution >= 4 is 17.6 Å². The summed E-state index contributed by atoms with van der Waals surface area (Å²) in [6.45, 7) is 0. The first kappa shape index (κ1) is 17.9. The van der Waals surface area contributed by atoms with Gasteiger partial charge in [-0.1, -0.05) is 23.7 Å². The molecule has 0 radical (unpaired) electrons. The van der Waals surface area contributed by atoms with Crippen molar-refractivity contribution in [2.45, 2.75) is 6.18 Å². The summed E-state index contributed by atoms with van der Waals surface area (Å²) in [6.07, 6.45) is -4.57. The summed E-state index contributed by atoms with van der Waals surface area (Å²) in [7, 11) is 0. The van der Waals surface area contributed by atoms with Crippen LogP contribution in [0.5, 0.6) is 0 Å². The van der Waals surface area contributed by atoms with E-state index < -0.39 is 29.2 Å². The van der Waals surface area contributed by atoms with E-state index in [2.05, 4.69) is 5.10 Å². The summed E-state index contributed by atoms with van der Waals surface area (Å²) < 4.78 is 53.3. The molecular weight excluding hydrogens is 376 g/mol. The number of aromatic nitrogens is 2. The number of carbonyl (C=O) groups is 1. The molecular formula is C17H8ClF4N2O2-. The lowest BCUT2D eigenvalue weighted by Crippen LogP contribution is -2.22. The molecule has 0 unspecified atom stereocenters. The molecule has 1 aromatic heterocycles. The van der Waals surface area contributed by atoms with Crippen LogP contribution in [0.3, 0.4) is 0 Å². The third-order valence-electron chi connectivity index (χ3n) is 3.55. The number of benzene rings is 2. The van der Waals surface area contributed by atoms with E-state index >= 15 is 0 Å². The van der Waals surface area contributed by atoms with Crippen LogP contribution in [0.25, 0.3) is 16.9 Å². The van der Waals surface area contributed by atoms with Crippen molar-refractivity contribution in [3.63, 3.8) is 0 Å². The summed E-state index contributed by atoms with van der Waals surface area (Å²) in [6, 6.07) is 8.86. The molecule has 0 aliphatic carbocycles. The Labute approximate surface area is 149 Å². The molecule has 4 nitrogen and oxygen atoms in total. The second-order valence-electron chi connectivity index (χ2n) is 5.29. The molecule has 0 aliphatic heterocycles. The van der Waals surface area contributed by atoms with E-state index in [-0.39, 0.29) is 22.0 Å². The maximum absolute atomic E-state index is 13.4. The molecule has 0 saturated carbocycles. The standard InChI is InChI=1S/C17H9ClF4N2O2/c18-12-7-11(4-5-13(12)19)24-15(8-14(23-24)16(25)26)9-2-1-3-10(6-9)17(20,21)22/h1-8H,(H,25,26)/p-1. The van der Waals surface area contributed by atoms with Crippen molar-refractivity contribution in [3.8, 4) is 16.9 Å². The number of halogens is 5. The van der Waals surface area contributed by atoms with Crippen LogP contribution >= 0.6 is 11.6 Å². The van der Waals surface area contributed by atoms with Gasteiger partial charge in [-0.15, -0.1) is 0 Å². The number of carboxylic acids is 1. The minimum atomic E-state index is -4.57. The molecule has 9 heteroatoms. The van der Waals surface area contributed by atoms with Gasteiger partial charge in [-0.25, -0.2) is 9.07 Å². The van der Waals surface area contributed by atoms with E-state index in [4.69, 9.17) is 11.6 Å². The van der Waals surface area contributed by atoms with Crippen molar-refractivity contribution in [1.29, 1.82) is 0 Å². The van der Waals surface area contributed by atoms with Crippen molar-refractivity contribution in [2.75, 3.05) is 0 Å². The van der Waals surface area contributed by atoms with Crippen molar-refractivity contribution in [3.05, 3.63) is 70.6 Å². The second-order valence-corrected chi connectivity index (χ2v) is 5.70. The molecule has 0 fully saturated rings. The Kier molecular flexibility index (Phi) is 4.45. The van der Waals surface area contributed by atoms with Gasteiger partial charge >= 0.3 is 6.18 Å². The summed E-state index contributed by atoms with van der Waals surface area (Å²) >= 11 is 5.72. The van der Waals surface area contributed by atoms with Crippen LogP contribution in [-0.2, 0) is 6.18 Å². The zero-order chi connectivity index (χ0) is 19.1. The maximum atomic E-state index is 13.4. The molecule has 0 bridgehead atoms. The van der Waals surface area contributed by atoms with Crippen molar-refractivity contribution < 1.29 is 27.5 Å². The van der Waals surface area contributed by atoms with Crippen LogP contribution < -0.4 is 5.11 Å². The second kappa shape index (κ2) is 6.45. The van der Waals surface area contributed by atoms with Crippen LogP contribution in [-0.4, -0.2) is 15.7 Å². The quantitative estimate of drug-likeness (QED) is 0.648. The van der Waals surface area contributed by atoms with Crippen LogP contribution in [0, 0.1) is 5.82 Å².